The van der Waals surface area contributed by atoms with Crippen LogP contribution in [0, 0.1) is 0 Å². The van der Waals surface area contributed by atoms with Crippen molar-refractivity contribution in [2.45, 2.75) is 39.9 Å². The standard InChI is InChI=1S/C6H14FO2P/c1-5(2)8-10(7)9-6(3)4/h5-6H,1-4H3. The van der Waals surface area contributed by atoms with Crippen LogP contribution >= 0.6 is 8.69 Å². The Hall–Kier alpha value is 0.280. The summed E-state index contributed by atoms with van der Waals surface area (Å²) in [6.45, 7) is 7.11. The summed E-state index contributed by atoms with van der Waals surface area (Å²) < 4.78 is 22.0. The molecule has 0 saturated carbocycles. The van der Waals surface area contributed by atoms with Gasteiger partial charge in [0.1, 0.15) is 0 Å². The summed E-state index contributed by atoms with van der Waals surface area (Å²) in [5.41, 5.74) is 0. The molecule has 0 rings (SSSR count). The topological polar surface area (TPSA) is 18.5 Å². The molecule has 0 fully saturated rings. The molecule has 0 unspecified atom stereocenters. The van der Waals surface area contributed by atoms with Crippen LogP contribution in [0.3, 0.4) is 0 Å². The van der Waals surface area contributed by atoms with E-state index >= 15 is 0 Å². The molecule has 0 radical (unpaired) electrons. The number of hydrogen-bond donors (Lipinski definition) is 0. The van der Waals surface area contributed by atoms with Gasteiger partial charge in [-0.15, -0.1) is 0 Å². The highest BCUT2D eigenvalue weighted by atomic mass is 31.2. The van der Waals surface area contributed by atoms with Gasteiger partial charge in [0.05, 0.1) is 12.2 Å². The van der Waals surface area contributed by atoms with Gasteiger partial charge in [0.2, 0.25) is 0 Å². The first-order chi connectivity index (χ1) is 4.52. The van der Waals surface area contributed by atoms with Crippen LogP contribution in [0.1, 0.15) is 27.7 Å². The average molecular weight is 168 g/mol. The third-order valence-electron chi connectivity index (χ3n) is 0.587. The normalized spacial score (nSPS) is 12.0. The van der Waals surface area contributed by atoms with Gasteiger partial charge < -0.3 is 9.05 Å². The molecule has 0 heterocycles. The molecule has 0 spiro atoms. The molecule has 0 bridgehead atoms. The Balaban J connectivity index is 3.34. The predicted octanol–water partition coefficient (Wildman–Crippen LogP) is 3.03. The SMILES string of the molecule is CC(C)OP(F)OC(C)C. The van der Waals surface area contributed by atoms with Crippen LogP contribution in [0.5, 0.6) is 0 Å². The van der Waals surface area contributed by atoms with E-state index in [9.17, 15) is 4.20 Å². The number of rotatable bonds is 4. The first-order valence-electron chi connectivity index (χ1n) is 3.31. The van der Waals surface area contributed by atoms with Crippen LogP contribution in [-0.2, 0) is 9.05 Å². The minimum Gasteiger partial charge on any atom is -0.306 e. The van der Waals surface area contributed by atoms with Gasteiger partial charge >= 0.3 is 8.69 Å². The van der Waals surface area contributed by atoms with E-state index in [4.69, 9.17) is 9.05 Å². The molecule has 0 aromatic heterocycles. The minimum absolute atomic E-state index is 0.102. The summed E-state index contributed by atoms with van der Waals surface area (Å²) in [6, 6.07) is 0. The molecule has 0 aromatic rings. The Morgan fingerprint density at radius 3 is 1.50 bits per heavy atom. The Labute approximate surface area is 62.8 Å². The third-order valence-corrected chi connectivity index (χ3v) is 1.76. The maximum atomic E-state index is 12.5. The Morgan fingerprint density at radius 2 is 1.30 bits per heavy atom. The largest absolute Gasteiger partial charge is 0.375 e. The molecule has 0 aromatic carbocycles. The lowest BCUT2D eigenvalue weighted by atomic mass is 10.5. The third kappa shape index (κ3) is 6.40. The summed E-state index contributed by atoms with van der Waals surface area (Å²) in [7, 11) is -2.16. The van der Waals surface area contributed by atoms with Crippen LogP contribution < -0.4 is 0 Å². The lowest BCUT2D eigenvalue weighted by Crippen LogP contribution is -2.01. The minimum atomic E-state index is -2.16. The van der Waals surface area contributed by atoms with Crippen molar-refractivity contribution in [3.8, 4) is 0 Å². The molecule has 4 heteroatoms. The van der Waals surface area contributed by atoms with E-state index in [0.717, 1.165) is 0 Å². The Bertz CT molecular complexity index is 77.8. The molecular weight excluding hydrogens is 154 g/mol. The molecule has 0 N–H and O–H groups in total. The molecule has 0 atom stereocenters. The van der Waals surface area contributed by atoms with Gasteiger partial charge in [0, 0.05) is 0 Å². The van der Waals surface area contributed by atoms with Crippen molar-refractivity contribution >= 4 is 8.69 Å². The summed E-state index contributed by atoms with van der Waals surface area (Å²) in [5, 5.41) is 0. The van der Waals surface area contributed by atoms with Gasteiger partial charge in [0.15, 0.2) is 0 Å². The van der Waals surface area contributed by atoms with Crippen LogP contribution in [0.4, 0.5) is 4.20 Å². The van der Waals surface area contributed by atoms with Crippen LogP contribution in [0.2, 0.25) is 0 Å². The van der Waals surface area contributed by atoms with Crippen LogP contribution in [0.25, 0.3) is 0 Å². The first kappa shape index (κ1) is 10.3. The van der Waals surface area contributed by atoms with Gasteiger partial charge in [0.25, 0.3) is 0 Å². The van der Waals surface area contributed by atoms with Gasteiger partial charge in [-0.2, -0.15) is 4.20 Å². The molecule has 0 aliphatic carbocycles. The second-order valence-corrected chi connectivity index (χ2v) is 3.37. The first-order valence-corrected chi connectivity index (χ1v) is 4.38. The maximum Gasteiger partial charge on any atom is 0.375 e. The highest BCUT2D eigenvalue weighted by Gasteiger charge is 2.12. The quantitative estimate of drug-likeness (QED) is 0.600. The molecule has 0 aliphatic heterocycles. The average Bonchev–Trinajstić information content (AvgIpc) is 1.58. The van der Waals surface area contributed by atoms with E-state index in [2.05, 4.69) is 0 Å². The van der Waals surface area contributed by atoms with E-state index in [1.807, 2.05) is 0 Å². The summed E-state index contributed by atoms with van der Waals surface area (Å²) in [5.74, 6) is 0. The number of hydrogen-bond acceptors (Lipinski definition) is 2. The van der Waals surface area contributed by atoms with Crippen molar-refractivity contribution in [3.63, 3.8) is 0 Å². The van der Waals surface area contributed by atoms with Crippen molar-refractivity contribution in [3.05, 3.63) is 0 Å². The van der Waals surface area contributed by atoms with Crippen molar-refractivity contribution in [1.82, 2.24) is 0 Å². The summed E-state index contributed by atoms with van der Waals surface area (Å²) in [6.07, 6.45) is -0.204. The number of halogens is 1. The monoisotopic (exact) mass is 168 g/mol. The fourth-order valence-electron chi connectivity index (χ4n) is 0.356. The molecule has 10 heavy (non-hydrogen) atoms. The Morgan fingerprint density at radius 1 is 1.00 bits per heavy atom. The molecule has 0 aliphatic rings. The highest BCUT2D eigenvalue weighted by molar-refractivity contribution is 7.41. The van der Waals surface area contributed by atoms with Gasteiger partial charge in [-0.05, 0) is 27.7 Å². The second kappa shape index (κ2) is 5.00. The molecule has 62 valence electrons. The van der Waals surface area contributed by atoms with Crippen molar-refractivity contribution in [2.24, 2.45) is 0 Å². The lowest BCUT2D eigenvalue weighted by molar-refractivity contribution is 0.157. The molecule has 0 amide bonds. The lowest BCUT2D eigenvalue weighted by Gasteiger charge is -2.12. The van der Waals surface area contributed by atoms with Gasteiger partial charge in [-0.3, -0.25) is 0 Å². The summed E-state index contributed by atoms with van der Waals surface area (Å²) in [4.78, 5) is 0. The maximum absolute atomic E-state index is 12.5. The van der Waals surface area contributed by atoms with Crippen molar-refractivity contribution in [1.29, 1.82) is 0 Å². The van der Waals surface area contributed by atoms with Crippen molar-refractivity contribution < 1.29 is 13.2 Å². The van der Waals surface area contributed by atoms with E-state index < -0.39 is 8.69 Å². The van der Waals surface area contributed by atoms with E-state index in [1.165, 1.54) is 0 Å². The van der Waals surface area contributed by atoms with Gasteiger partial charge in [-0.1, -0.05) is 0 Å². The molecule has 2 nitrogen and oxygen atoms in total. The van der Waals surface area contributed by atoms with Crippen LogP contribution in [-0.4, -0.2) is 12.2 Å². The van der Waals surface area contributed by atoms with E-state index in [-0.39, 0.29) is 12.2 Å². The molecular formula is C6H14FO2P. The fraction of sp³-hybridized carbons (Fsp3) is 1.00. The Kier molecular flexibility index (Phi) is 5.14. The highest BCUT2D eigenvalue weighted by Crippen LogP contribution is 2.42. The van der Waals surface area contributed by atoms with E-state index in [1.54, 1.807) is 27.7 Å². The predicted molar refractivity (Wildman–Crippen MR) is 40.5 cm³/mol. The molecule has 0 saturated heterocycles. The fourth-order valence-corrected chi connectivity index (χ4v) is 1.07. The van der Waals surface area contributed by atoms with E-state index in [0.29, 0.717) is 0 Å². The zero-order valence-electron chi connectivity index (χ0n) is 6.80. The second-order valence-electron chi connectivity index (χ2n) is 2.52. The smallest absolute Gasteiger partial charge is 0.306 e. The van der Waals surface area contributed by atoms with Gasteiger partial charge in [-0.25, -0.2) is 0 Å². The van der Waals surface area contributed by atoms with Crippen LogP contribution in [0.15, 0.2) is 0 Å². The summed E-state index contributed by atoms with van der Waals surface area (Å²) >= 11 is 0. The van der Waals surface area contributed by atoms with Crippen molar-refractivity contribution in [2.75, 3.05) is 0 Å². The zero-order chi connectivity index (χ0) is 8.15. The zero-order valence-corrected chi connectivity index (χ0v) is 7.69.